The van der Waals surface area contributed by atoms with E-state index in [2.05, 4.69) is 43.8 Å². The van der Waals surface area contributed by atoms with Crippen LogP contribution < -0.4 is 0 Å². The van der Waals surface area contributed by atoms with Crippen molar-refractivity contribution in [3.63, 3.8) is 0 Å². The number of benzene rings is 1. The van der Waals surface area contributed by atoms with Crippen LogP contribution in [0.15, 0.2) is 55.1 Å². The van der Waals surface area contributed by atoms with Crippen molar-refractivity contribution in [2.24, 2.45) is 5.92 Å². The Labute approximate surface area is 130 Å². The minimum absolute atomic E-state index is 0.0835. The zero-order chi connectivity index (χ0) is 15.6. The van der Waals surface area contributed by atoms with Crippen molar-refractivity contribution < 1.29 is 5.11 Å². The van der Waals surface area contributed by atoms with Crippen LogP contribution in [0.1, 0.15) is 51.5 Å². The molecule has 0 aliphatic carbocycles. The highest BCUT2D eigenvalue weighted by molar-refractivity contribution is 5.16. The van der Waals surface area contributed by atoms with Crippen LogP contribution in [-0.2, 0) is 6.42 Å². The Hall–Kier alpha value is -1.34. The van der Waals surface area contributed by atoms with Gasteiger partial charge in [0.05, 0.1) is 5.60 Å². The van der Waals surface area contributed by atoms with Gasteiger partial charge in [-0.1, -0.05) is 68.3 Å². The van der Waals surface area contributed by atoms with E-state index < -0.39 is 5.60 Å². The molecule has 1 nitrogen and oxygen atoms in total. The molecule has 0 aliphatic heterocycles. The summed E-state index contributed by atoms with van der Waals surface area (Å²) in [6.45, 7) is 8.00. The predicted molar refractivity (Wildman–Crippen MR) is 92.4 cm³/mol. The average molecular weight is 286 g/mol. The molecule has 0 aliphatic rings. The highest BCUT2D eigenvalue weighted by Gasteiger charge is 2.26. The molecule has 116 valence electrons. The smallest absolute Gasteiger partial charge is 0.0861 e. The molecular formula is C20H30O. The Bertz CT molecular complexity index is 417. The molecule has 1 aromatic rings. The van der Waals surface area contributed by atoms with Gasteiger partial charge >= 0.3 is 0 Å². The van der Waals surface area contributed by atoms with Crippen LogP contribution in [0.5, 0.6) is 0 Å². The first-order valence-corrected chi connectivity index (χ1v) is 8.16. The normalized spacial score (nSPS) is 15.8. The van der Waals surface area contributed by atoms with E-state index in [0.29, 0.717) is 0 Å². The summed E-state index contributed by atoms with van der Waals surface area (Å²) in [4.78, 5) is 0. The van der Waals surface area contributed by atoms with E-state index in [4.69, 9.17) is 0 Å². The van der Waals surface area contributed by atoms with E-state index in [1.165, 1.54) is 24.8 Å². The monoisotopic (exact) mass is 286 g/mol. The fourth-order valence-corrected chi connectivity index (χ4v) is 2.57. The van der Waals surface area contributed by atoms with Gasteiger partial charge in [-0.25, -0.2) is 0 Å². The summed E-state index contributed by atoms with van der Waals surface area (Å²) < 4.78 is 0. The van der Waals surface area contributed by atoms with Crippen LogP contribution >= 0.6 is 0 Å². The van der Waals surface area contributed by atoms with Gasteiger partial charge in [0, 0.05) is 5.92 Å². The average Bonchev–Trinajstić information content (AvgIpc) is 2.48. The summed E-state index contributed by atoms with van der Waals surface area (Å²) in [5.41, 5.74) is 0.509. The third-order valence-electron chi connectivity index (χ3n) is 4.05. The number of rotatable bonds is 10. The molecule has 1 rings (SSSR count). The molecule has 2 atom stereocenters. The quantitative estimate of drug-likeness (QED) is 0.456. The fourth-order valence-electron chi connectivity index (χ4n) is 2.57. The highest BCUT2D eigenvalue weighted by Crippen LogP contribution is 2.25. The molecule has 0 heterocycles. The van der Waals surface area contributed by atoms with Crippen LogP contribution in [0.2, 0.25) is 0 Å². The van der Waals surface area contributed by atoms with Gasteiger partial charge in [-0.3, -0.25) is 0 Å². The first-order chi connectivity index (χ1) is 10.1. The minimum atomic E-state index is -0.803. The van der Waals surface area contributed by atoms with Crippen molar-refractivity contribution in [2.75, 3.05) is 0 Å². The summed E-state index contributed by atoms with van der Waals surface area (Å²) in [7, 11) is 0. The van der Waals surface area contributed by atoms with Crippen LogP contribution in [0.25, 0.3) is 0 Å². The van der Waals surface area contributed by atoms with Crippen molar-refractivity contribution in [3.8, 4) is 0 Å². The Morgan fingerprint density at radius 1 is 1.24 bits per heavy atom. The van der Waals surface area contributed by atoms with E-state index in [9.17, 15) is 5.11 Å². The number of aryl methyl sites for hydroxylation is 1. The lowest BCUT2D eigenvalue weighted by Crippen LogP contribution is -2.31. The van der Waals surface area contributed by atoms with Gasteiger partial charge in [0.15, 0.2) is 0 Å². The number of aliphatic hydroxyl groups is 1. The standard InChI is InChI=1S/C20H30O/c1-4-6-7-8-12-17-20(3,21)19(5-2)16-15-18-13-10-9-11-14-18/h5,9-14,17,19,21H,2,4,6-8,15-16H2,1,3H3/b17-12+/t19-,20+/m0/s1. The van der Waals surface area contributed by atoms with Gasteiger partial charge in [0.25, 0.3) is 0 Å². The van der Waals surface area contributed by atoms with Crippen LogP contribution in [0, 0.1) is 5.92 Å². The number of unbranched alkanes of at least 4 members (excludes halogenated alkanes) is 3. The molecular weight excluding hydrogens is 256 g/mol. The van der Waals surface area contributed by atoms with E-state index >= 15 is 0 Å². The number of allylic oxidation sites excluding steroid dienone is 1. The summed E-state index contributed by atoms with van der Waals surface area (Å²) in [5, 5.41) is 10.7. The molecule has 0 unspecified atom stereocenters. The molecule has 1 aromatic carbocycles. The van der Waals surface area contributed by atoms with Crippen molar-refractivity contribution >= 4 is 0 Å². The van der Waals surface area contributed by atoms with Crippen LogP contribution in [0.3, 0.4) is 0 Å². The number of hydrogen-bond acceptors (Lipinski definition) is 1. The minimum Gasteiger partial charge on any atom is -0.385 e. The van der Waals surface area contributed by atoms with E-state index in [1.54, 1.807) is 0 Å². The van der Waals surface area contributed by atoms with Gasteiger partial charge in [-0.2, -0.15) is 0 Å². The van der Waals surface area contributed by atoms with Gasteiger partial charge in [-0.15, -0.1) is 6.58 Å². The highest BCUT2D eigenvalue weighted by atomic mass is 16.3. The Morgan fingerprint density at radius 2 is 1.95 bits per heavy atom. The SMILES string of the molecule is C=C[C@@H](CCc1ccccc1)[C@](C)(O)/C=C/CCCCC. The molecule has 0 saturated heterocycles. The second-order valence-electron chi connectivity index (χ2n) is 5.99. The predicted octanol–water partition coefficient (Wildman–Crippen LogP) is 5.31. The van der Waals surface area contributed by atoms with Crippen molar-refractivity contribution in [1.82, 2.24) is 0 Å². The topological polar surface area (TPSA) is 20.2 Å². The lowest BCUT2D eigenvalue weighted by atomic mass is 9.84. The third-order valence-corrected chi connectivity index (χ3v) is 4.05. The number of hydrogen-bond donors (Lipinski definition) is 1. The van der Waals surface area contributed by atoms with Crippen molar-refractivity contribution in [1.29, 1.82) is 0 Å². The van der Waals surface area contributed by atoms with Gasteiger partial charge in [0.1, 0.15) is 0 Å². The summed E-state index contributed by atoms with van der Waals surface area (Å²) in [6, 6.07) is 10.4. The summed E-state index contributed by atoms with van der Waals surface area (Å²) in [6.07, 6.45) is 12.6. The second-order valence-corrected chi connectivity index (χ2v) is 5.99. The van der Waals surface area contributed by atoms with Crippen molar-refractivity contribution in [3.05, 3.63) is 60.7 Å². The molecule has 1 N–H and O–H groups in total. The first-order valence-electron chi connectivity index (χ1n) is 8.16. The Morgan fingerprint density at radius 3 is 2.57 bits per heavy atom. The molecule has 0 bridgehead atoms. The lowest BCUT2D eigenvalue weighted by molar-refractivity contribution is 0.0633. The maximum absolute atomic E-state index is 10.7. The lowest BCUT2D eigenvalue weighted by Gasteiger charge is -2.28. The van der Waals surface area contributed by atoms with Gasteiger partial charge < -0.3 is 5.11 Å². The van der Waals surface area contributed by atoms with Crippen LogP contribution in [0.4, 0.5) is 0 Å². The third kappa shape index (κ3) is 6.77. The fraction of sp³-hybridized carbons (Fsp3) is 0.500. The summed E-state index contributed by atoms with van der Waals surface area (Å²) in [5.74, 6) is 0.0835. The Kier molecular flexibility index (Phi) is 8.07. The summed E-state index contributed by atoms with van der Waals surface area (Å²) >= 11 is 0. The van der Waals surface area contributed by atoms with E-state index in [-0.39, 0.29) is 5.92 Å². The molecule has 0 radical (unpaired) electrons. The molecule has 0 spiro atoms. The molecule has 0 aromatic heterocycles. The van der Waals surface area contributed by atoms with Gasteiger partial charge in [0.2, 0.25) is 0 Å². The first kappa shape index (κ1) is 17.7. The second kappa shape index (κ2) is 9.57. The maximum Gasteiger partial charge on any atom is 0.0861 e. The zero-order valence-corrected chi connectivity index (χ0v) is 13.6. The molecule has 0 saturated carbocycles. The molecule has 0 fully saturated rings. The maximum atomic E-state index is 10.7. The van der Waals surface area contributed by atoms with E-state index in [1.807, 2.05) is 25.1 Å². The van der Waals surface area contributed by atoms with E-state index in [0.717, 1.165) is 19.3 Å². The van der Waals surface area contributed by atoms with Gasteiger partial charge in [-0.05, 0) is 38.2 Å². The largest absolute Gasteiger partial charge is 0.385 e. The molecule has 1 heteroatoms. The Balaban J connectivity index is 2.50. The van der Waals surface area contributed by atoms with Crippen molar-refractivity contribution in [2.45, 2.75) is 58.0 Å². The zero-order valence-electron chi connectivity index (χ0n) is 13.6. The molecule has 0 amide bonds. The molecule has 21 heavy (non-hydrogen) atoms. The van der Waals surface area contributed by atoms with Crippen LogP contribution in [-0.4, -0.2) is 10.7 Å².